The summed E-state index contributed by atoms with van der Waals surface area (Å²) in [7, 11) is 2.03. The molecule has 40 heavy (non-hydrogen) atoms. The second kappa shape index (κ2) is 12.2. The highest BCUT2D eigenvalue weighted by atomic mass is 32.2. The number of rotatable bonds is 8. The van der Waals surface area contributed by atoms with E-state index in [0.717, 1.165) is 33.8 Å². The van der Waals surface area contributed by atoms with E-state index in [-0.39, 0.29) is 18.7 Å². The summed E-state index contributed by atoms with van der Waals surface area (Å²) in [5, 5.41) is 10.2. The smallest absolute Gasteiger partial charge is 0.311 e. The van der Waals surface area contributed by atoms with Crippen molar-refractivity contribution in [1.82, 2.24) is 14.8 Å². The van der Waals surface area contributed by atoms with E-state index in [1.54, 1.807) is 40.9 Å². The summed E-state index contributed by atoms with van der Waals surface area (Å²) in [5.41, 5.74) is 7.18. The molecule has 0 aliphatic carbocycles. The molecule has 0 radical (unpaired) electrons. The number of fused-ring (bicyclic) bond motifs is 1. The molecule has 10 heteroatoms. The molecular weight excluding hydrogens is 526 g/mol. The average molecular weight is 556 g/mol. The van der Waals surface area contributed by atoms with Crippen LogP contribution in [0.1, 0.15) is 18.4 Å². The minimum Gasteiger partial charge on any atom is -0.457 e. The second-order valence-electron chi connectivity index (χ2n) is 9.54. The third-order valence-electron chi connectivity index (χ3n) is 6.64. The Kier molecular flexibility index (Phi) is 8.24. The molecule has 0 saturated carbocycles. The van der Waals surface area contributed by atoms with Crippen LogP contribution in [0.2, 0.25) is 0 Å². The van der Waals surface area contributed by atoms with E-state index in [1.807, 2.05) is 49.5 Å². The van der Waals surface area contributed by atoms with Crippen LogP contribution in [-0.2, 0) is 9.59 Å². The van der Waals surface area contributed by atoms with Gasteiger partial charge < -0.3 is 30.0 Å². The van der Waals surface area contributed by atoms with Gasteiger partial charge in [0.1, 0.15) is 34.7 Å². The van der Waals surface area contributed by atoms with E-state index < -0.39 is 5.97 Å². The van der Waals surface area contributed by atoms with Crippen LogP contribution >= 0.6 is 11.8 Å². The maximum atomic E-state index is 12.3. The van der Waals surface area contributed by atoms with Gasteiger partial charge in [-0.2, -0.15) is 5.26 Å². The Morgan fingerprint density at radius 2 is 1.68 bits per heavy atom. The number of aromatic amines is 1. The first-order valence-electron chi connectivity index (χ1n) is 12.9. The minimum absolute atomic E-state index is 0.0178. The predicted octanol–water partition coefficient (Wildman–Crippen LogP) is 5.02. The monoisotopic (exact) mass is 555 g/mol. The van der Waals surface area contributed by atoms with Gasteiger partial charge >= 0.3 is 5.97 Å². The Bertz CT molecular complexity index is 1570. The zero-order valence-electron chi connectivity index (χ0n) is 22.1. The summed E-state index contributed by atoms with van der Waals surface area (Å²) in [5.74, 6) is 1.55. The molecule has 0 spiro atoms. The third-order valence-corrected chi connectivity index (χ3v) is 7.62. The number of nitriles is 1. The van der Waals surface area contributed by atoms with Crippen LogP contribution < -0.4 is 15.2 Å². The Balaban J connectivity index is 1.14. The molecule has 9 nitrogen and oxygen atoms in total. The highest BCUT2D eigenvalue weighted by molar-refractivity contribution is 7.99. The number of amides is 1. The largest absolute Gasteiger partial charge is 0.457 e. The molecule has 1 fully saturated rings. The summed E-state index contributed by atoms with van der Waals surface area (Å²) in [6, 6.07) is 22.4. The zero-order valence-corrected chi connectivity index (χ0v) is 22.9. The molecular formula is C30H29N5O4S. The van der Waals surface area contributed by atoms with Crippen molar-refractivity contribution in [3.63, 3.8) is 0 Å². The van der Waals surface area contributed by atoms with Crippen molar-refractivity contribution in [2.75, 3.05) is 39.0 Å². The van der Waals surface area contributed by atoms with Crippen LogP contribution in [0.3, 0.4) is 0 Å². The van der Waals surface area contributed by atoms with E-state index in [1.165, 1.54) is 0 Å². The Hall–Kier alpha value is -4.46. The molecule has 1 aromatic heterocycles. The molecule has 4 aromatic rings. The number of anilines is 1. The molecule has 3 aromatic carbocycles. The van der Waals surface area contributed by atoms with Gasteiger partial charge in [-0.3, -0.25) is 9.59 Å². The van der Waals surface area contributed by atoms with Crippen LogP contribution in [0.15, 0.2) is 76.5 Å². The molecule has 0 atom stereocenters. The number of nitrogens with two attached hydrogens (primary N) is 1. The van der Waals surface area contributed by atoms with E-state index in [4.69, 9.17) is 15.2 Å². The lowest BCUT2D eigenvalue weighted by molar-refractivity contribution is -0.139. The van der Waals surface area contributed by atoms with E-state index in [9.17, 15) is 14.9 Å². The normalized spacial score (nSPS) is 13.7. The number of benzene rings is 3. The van der Waals surface area contributed by atoms with Crippen molar-refractivity contribution in [2.45, 2.75) is 22.6 Å². The van der Waals surface area contributed by atoms with Crippen molar-refractivity contribution in [1.29, 1.82) is 5.26 Å². The molecule has 204 valence electrons. The number of carbonyl (C=O) groups is 2. The van der Waals surface area contributed by atoms with Gasteiger partial charge in [-0.25, -0.2) is 0 Å². The number of nitrogen functional groups attached to an aromatic ring is 1. The topological polar surface area (TPSA) is 125 Å². The maximum absolute atomic E-state index is 12.3. The van der Waals surface area contributed by atoms with Crippen molar-refractivity contribution >= 4 is 40.4 Å². The molecule has 1 saturated heterocycles. The fraction of sp³-hybridized carbons (Fsp3) is 0.233. The number of hydrogen-bond donors (Lipinski definition) is 2. The van der Waals surface area contributed by atoms with Crippen molar-refractivity contribution in [3.05, 3.63) is 72.3 Å². The standard InChI is InChI=1S/C30H29N5O4S/c1-34-13-15-35(16-14-34)28(36)11-12-29(37)39-21-7-5-20(6-8-21)38-22-3-2-4-23(17-22)40-24-9-10-27-25(18-24)26(19-31)30(32)33-27/h2-10,17-18,33H,11-16,32H2,1H3. The van der Waals surface area contributed by atoms with Gasteiger partial charge in [0.05, 0.1) is 6.42 Å². The number of nitrogens with zero attached hydrogens (tertiary/aromatic N) is 3. The highest BCUT2D eigenvalue weighted by Gasteiger charge is 2.20. The van der Waals surface area contributed by atoms with Crippen LogP contribution in [0.5, 0.6) is 17.2 Å². The summed E-state index contributed by atoms with van der Waals surface area (Å²) < 4.78 is 11.4. The molecule has 5 rings (SSSR count). The van der Waals surface area contributed by atoms with Gasteiger partial charge in [0.25, 0.3) is 0 Å². The van der Waals surface area contributed by atoms with Crippen LogP contribution in [0.25, 0.3) is 10.9 Å². The quantitative estimate of drug-likeness (QED) is 0.229. The number of likely N-dealkylation sites (N-methyl/N-ethyl adjacent to an activating group) is 1. The molecule has 3 N–H and O–H groups in total. The fourth-order valence-electron chi connectivity index (χ4n) is 4.43. The maximum Gasteiger partial charge on any atom is 0.311 e. The number of esters is 1. The van der Waals surface area contributed by atoms with Crippen molar-refractivity contribution in [2.24, 2.45) is 0 Å². The number of piperazine rings is 1. The summed E-state index contributed by atoms with van der Waals surface area (Å²) >= 11 is 1.55. The lowest BCUT2D eigenvalue weighted by Crippen LogP contribution is -2.47. The summed E-state index contributed by atoms with van der Waals surface area (Å²) in [4.78, 5) is 33.6. The Labute approximate surface area is 236 Å². The number of H-pyrrole nitrogens is 1. The first-order valence-corrected chi connectivity index (χ1v) is 13.7. The zero-order chi connectivity index (χ0) is 28.1. The highest BCUT2D eigenvalue weighted by Crippen LogP contribution is 2.35. The minimum atomic E-state index is -0.441. The van der Waals surface area contributed by atoms with Crippen LogP contribution in [0, 0.1) is 11.3 Å². The van der Waals surface area contributed by atoms with E-state index in [0.29, 0.717) is 41.7 Å². The van der Waals surface area contributed by atoms with Crippen LogP contribution in [-0.4, -0.2) is 59.9 Å². The van der Waals surface area contributed by atoms with Crippen molar-refractivity contribution < 1.29 is 19.1 Å². The molecule has 2 heterocycles. The van der Waals surface area contributed by atoms with E-state index in [2.05, 4.69) is 16.0 Å². The molecule has 1 aliphatic rings. The first-order chi connectivity index (χ1) is 19.4. The number of ether oxygens (including phenoxy) is 2. The molecule has 1 aliphatic heterocycles. The summed E-state index contributed by atoms with van der Waals surface area (Å²) in [6.07, 6.45) is 0.181. The number of carbonyl (C=O) groups excluding carboxylic acids is 2. The predicted molar refractivity (Wildman–Crippen MR) is 153 cm³/mol. The number of aromatic nitrogens is 1. The lowest BCUT2D eigenvalue weighted by atomic mass is 10.2. The Morgan fingerprint density at radius 1 is 0.950 bits per heavy atom. The lowest BCUT2D eigenvalue weighted by Gasteiger charge is -2.32. The van der Waals surface area contributed by atoms with Crippen molar-refractivity contribution in [3.8, 4) is 23.3 Å². The number of hydrogen-bond acceptors (Lipinski definition) is 8. The Morgan fingerprint density at radius 3 is 2.42 bits per heavy atom. The van der Waals surface area contributed by atoms with Gasteiger partial charge in [0.15, 0.2) is 0 Å². The first kappa shape index (κ1) is 27.1. The molecule has 0 unspecified atom stereocenters. The third kappa shape index (κ3) is 6.57. The van der Waals surface area contributed by atoms with Gasteiger partial charge in [-0.15, -0.1) is 0 Å². The molecule has 1 amide bonds. The van der Waals surface area contributed by atoms with Gasteiger partial charge in [-0.05, 0) is 67.7 Å². The van der Waals surface area contributed by atoms with E-state index >= 15 is 0 Å². The fourth-order valence-corrected chi connectivity index (χ4v) is 5.34. The number of nitrogens with one attached hydrogen (secondary N) is 1. The second-order valence-corrected chi connectivity index (χ2v) is 10.7. The molecule has 0 bridgehead atoms. The van der Waals surface area contributed by atoms with Gasteiger partial charge in [0.2, 0.25) is 5.91 Å². The van der Waals surface area contributed by atoms with Gasteiger partial charge in [0, 0.05) is 53.3 Å². The van der Waals surface area contributed by atoms with Crippen LogP contribution in [0.4, 0.5) is 5.82 Å². The summed E-state index contributed by atoms with van der Waals surface area (Å²) in [6.45, 7) is 3.07. The SMILES string of the molecule is CN1CCN(C(=O)CCC(=O)Oc2ccc(Oc3cccc(Sc4ccc5[nH]c(N)c(C#N)c5c4)c3)cc2)CC1. The average Bonchev–Trinajstić information content (AvgIpc) is 3.27. The van der Waals surface area contributed by atoms with Gasteiger partial charge in [-0.1, -0.05) is 17.8 Å².